The molecular weight excluding hydrogens is 584 g/mol. The maximum Gasteiger partial charge on any atom is 0.410 e. The topological polar surface area (TPSA) is 118 Å². The molecule has 0 bridgehead atoms. The van der Waals surface area contributed by atoms with Gasteiger partial charge in [-0.05, 0) is 43.6 Å². The van der Waals surface area contributed by atoms with Gasteiger partial charge in [-0.1, -0.05) is 49.6 Å². The molecule has 3 aromatic rings. The van der Waals surface area contributed by atoms with Crippen LogP contribution in [-0.2, 0) is 26.7 Å². The van der Waals surface area contributed by atoms with E-state index in [1.165, 1.54) is 19.6 Å². The third-order valence-corrected chi connectivity index (χ3v) is 9.33. The number of thioether (sulfide) groups is 1. The van der Waals surface area contributed by atoms with E-state index >= 15 is 0 Å². The summed E-state index contributed by atoms with van der Waals surface area (Å²) in [6.45, 7) is 3.03. The summed E-state index contributed by atoms with van der Waals surface area (Å²) < 4.78 is 25.1. The van der Waals surface area contributed by atoms with Crippen LogP contribution in [0.5, 0.6) is 5.75 Å². The van der Waals surface area contributed by atoms with Gasteiger partial charge in [-0.3, -0.25) is 14.8 Å². The highest BCUT2D eigenvalue weighted by Crippen LogP contribution is 2.34. The number of nitro benzene ring substituents is 1. The Labute approximate surface area is 262 Å². The van der Waals surface area contributed by atoms with E-state index in [1.54, 1.807) is 22.5 Å². The van der Waals surface area contributed by atoms with Crippen molar-refractivity contribution in [2.75, 3.05) is 39.4 Å². The fraction of sp³-hybridized carbons (Fsp3) is 0.562. The number of likely N-dealkylation sites (tertiary alicyclic amines) is 1. The molecule has 1 aliphatic heterocycles. The van der Waals surface area contributed by atoms with Gasteiger partial charge in [0.05, 0.1) is 41.6 Å². The molecule has 0 atom stereocenters. The van der Waals surface area contributed by atoms with Gasteiger partial charge in [0.25, 0.3) is 0 Å². The van der Waals surface area contributed by atoms with Crippen molar-refractivity contribution >= 4 is 34.4 Å². The van der Waals surface area contributed by atoms with Crippen molar-refractivity contribution in [2.24, 2.45) is 5.92 Å². The van der Waals surface area contributed by atoms with Gasteiger partial charge in [-0.15, -0.1) is 11.8 Å². The highest BCUT2D eigenvalue weighted by molar-refractivity contribution is 7.98. The zero-order valence-corrected chi connectivity index (χ0v) is 26.2. The summed E-state index contributed by atoms with van der Waals surface area (Å²) >= 11 is 1.62. The predicted octanol–water partition coefficient (Wildman–Crippen LogP) is 6.78. The van der Waals surface area contributed by atoms with Crippen LogP contribution >= 0.6 is 11.8 Å². The summed E-state index contributed by atoms with van der Waals surface area (Å²) in [5.41, 5.74) is 1.31. The molecule has 2 heterocycles. The first kappa shape index (κ1) is 32.1. The Balaban J connectivity index is 1.01. The average Bonchev–Trinajstić information content (AvgIpc) is 3.46. The fourth-order valence-corrected chi connectivity index (χ4v) is 6.74. The molecule has 2 aromatic carbocycles. The van der Waals surface area contributed by atoms with Gasteiger partial charge in [0.2, 0.25) is 0 Å². The van der Waals surface area contributed by atoms with Crippen molar-refractivity contribution < 1.29 is 28.7 Å². The van der Waals surface area contributed by atoms with Gasteiger partial charge in [0, 0.05) is 43.4 Å². The molecule has 238 valence electrons. The second-order valence-electron chi connectivity index (χ2n) is 11.7. The van der Waals surface area contributed by atoms with E-state index in [9.17, 15) is 14.9 Å². The minimum Gasteiger partial charge on any atom is -0.490 e. The van der Waals surface area contributed by atoms with E-state index in [-0.39, 0.29) is 23.1 Å². The number of rotatable bonds is 14. The predicted molar refractivity (Wildman–Crippen MR) is 169 cm³/mol. The number of hydrogen-bond acceptors (Lipinski definition) is 9. The maximum absolute atomic E-state index is 12.5. The van der Waals surface area contributed by atoms with Crippen molar-refractivity contribution in [3.63, 3.8) is 0 Å². The van der Waals surface area contributed by atoms with Crippen molar-refractivity contribution in [1.29, 1.82) is 0 Å². The molecule has 5 rings (SSSR count). The molecule has 1 saturated heterocycles. The van der Waals surface area contributed by atoms with Crippen LogP contribution in [0.25, 0.3) is 10.9 Å². The number of carbonyl (C=O) groups is 1. The van der Waals surface area contributed by atoms with E-state index in [1.807, 2.05) is 41.4 Å². The van der Waals surface area contributed by atoms with Gasteiger partial charge in [0.15, 0.2) is 5.75 Å². The average molecular weight is 627 g/mol. The molecule has 0 radical (unpaired) electrons. The lowest BCUT2D eigenvalue weighted by Crippen LogP contribution is -2.40. The minimum atomic E-state index is -0.445. The van der Waals surface area contributed by atoms with Gasteiger partial charge in [-0.2, -0.15) is 5.10 Å². The number of methoxy groups -OCH3 is 1. The van der Waals surface area contributed by atoms with Crippen LogP contribution < -0.4 is 4.74 Å². The largest absolute Gasteiger partial charge is 0.490 e. The molecule has 11 nitrogen and oxygen atoms in total. The third-order valence-electron chi connectivity index (χ3n) is 8.60. The fourth-order valence-electron chi connectivity index (χ4n) is 6.01. The van der Waals surface area contributed by atoms with Crippen LogP contribution in [0.4, 0.5) is 10.5 Å². The van der Waals surface area contributed by atoms with Crippen LogP contribution in [0.1, 0.15) is 56.9 Å². The van der Waals surface area contributed by atoms with Crippen molar-refractivity contribution in [1.82, 2.24) is 14.7 Å². The number of ether oxygens (including phenoxy) is 4. The molecule has 0 spiro atoms. The number of aromatic nitrogens is 2. The second-order valence-corrected chi connectivity index (χ2v) is 12.6. The first-order valence-corrected chi connectivity index (χ1v) is 16.5. The molecule has 2 fully saturated rings. The first-order chi connectivity index (χ1) is 21.4. The molecule has 1 saturated carbocycles. The Morgan fingerprint density at radius 3 is 2.64 bits per heavy atom. The summed E-state index contributed by atoms with van der Waals surface area (Å²) in [7, 11) is 1.42. The third kappa shape index (κ3) is 8.64. The molecule has 0 unspecified atom stereocenters. The SMILES string of the molecule is COc1cc2nn(CSCOC3(COCCC4CCN(C(=O)OCc5ccccc5)CC4)CCCCC3)cc2cc1[N+](=O)[O-]. The second kappa shape index (κ2) is 15.6. The lowest BCUT2D eigenvalue weighted by Gasteiger charge is -2.37. The Hall–Kier alpha value is -3.35. The van der Waals surface area contributed by atoms with E-state index in [4.69, 9.17) is 18.9 Å². The Bertz CT molecular complexity index is 1370. The van der Waals surface area contributed by atoms with Crippen LogP contribution in [0.15, 0.2) is 48.7 Å². The Kier molecular flexibility index (Phi) is 11.4. The standard InChI is InChI=1S/C32H42N4O7S/c1-40-30-19-28-27(18-29(30)36(38)39)20-35(33-28)23-44-24-43-32(13-6-3-7-14-32)22-41-17-12-25-10-15-34(16-11-25)31(37)42-21-26-8-4-2-5-9-26/h2,4-5,8-9,18-20,25H,3,6-7,10-17,21-24H2,1H3. The van der Waals surface area contributed by atoms with Gasteiger partial charge < -0.3 is 23.8 Å². The Morgan fingerprint density at radius 2 is 1.91 bits per heavy atom. The maximum atomic E-state index is 12.5. The summed E-state index contributed by atoms with van der Waals surface area (Å²) in [5, 5.41) is 16.6. The van der Waals surface area contributed by atoms with Crippen LogP contribution in [0, 0.1) is 16.0 Å². The first-order valence-electron chi connectivity index (χ1n) is 15.4. The van der Waals surface area contributed by atoms with Gasteiger partial charge >= 0.3 is 11.8 Å². The van der Waals surface area contributed by atoms with Crippen molar-refractivity contribution in [3.8, 4) is 5.75 Å². The zero-order valence-electron chi connectivity index (χ0n) is 25.4. The molecule has 2 aliphatic rings. The number of piperidine rings is 1. The van der Waals surface area contributed by atoms with Crippen LogP contribution in [0.2, 0.25) is 0 Å². The van der Waals surface area contributed by atoms with E-state index in [2.05, 4.69) is 5.10 Å². The molecule has 44 heavy (non-hydrogen) atoms. The number of fused-ring (bicyclic) bond motifs is 1. The molecule has 1 aromatic heterocycles. The normalized spacial score (nSPS) is 17.1. The number of amides is 1. The smallest absolute Gasteiger partial charge is 0.410 e. The molecular formula is C32H42N4O7S. The lowest BCUT2D eigenvalue weighted by atomic mass is 9.85. The van der Waals surface area contributed by atoms with E-state index in [0.717, 1.165) is 63.6 Å². The highest BCUT2D eigenvalue weighted by Gasteiger charge is 2.33. The molecule has 1 amide bonds. The van der Waals surface area contributed by atoms with Crippen molar-refractivity contribution in [3.05, 3.63) is 64.3 Å². The summed E-state index contributed by atoms with van der Waals surface area (Å²) in [6.07, 6.45) is 9.96. The minimum absolute atomic E-state index is 0.0699. The summed E-state index contributed by atoms with van der Waals surface area (Å²) in [4.78, 5) is 25.2. The van der Waals surface area contributed by atoms with Gasteiger partial charge in [-0.25, -0.2) is 4.79 Å². The monoisotopic (exact) mass is 626 g/mol. The molecule has 1 aliphatic carbocycles. The lowest BCUT2D eigenvalue weighted by molar-refractivity contribution is -0.385. The van der Waals surface area contributed by atoms with Gasteiger partial charge in [0.1, 0.15) is 6.61 Å². The number of carbonyl (C=O) groups excluding carboxylic acids is 1. The molecule has 12 heteroatoms. The summed E-state index contributed by atoms with van der Waals surface area (Å²) in [6, 6.07) is 12.9. The van der Waals surface area contributed by atoms with Crippen molar-refractivity contribution in [2.45, 2.75) is 69.5 Å². The van der Waals surface area contributed by atoms with E-state index in [0.29, 0.717) is 48.5 Å². The number of nitrogens with zero attached hydrogens (tertiary/aromatic N) is 4. The molecule has 0 N–H and O–H groups in total. The quantitative estimate of drug-likeness (QED) is 0.0826. The Morgan fingerprint density at radius 1 is 1.14 bits per heavy atom. The number of nitro groups is 1. The number of benzene rings is 2. The van der Waals surface area contributed by atoms with Crippen LogP contribution in [0.3, 0.4) is 0 Å². The summed E-state index contributed by atoms with van der Waals surface area (Å²) in [5.74, 6) is 1.83. The van der Waals surface area contributed by atoms with Crippen LogP contribution in [-0.4, -0.2) is 70.6 Å². The van der Waals surface area contributed by atoms with E-state index < -0.39 is 4.92 Å². The zero-order chi connectivity index (χ0) is 30.8. The number of hydrogen-bond donors (Lipinski definition) is 0. The highest BCUT2D eigenvalue weighted by atomic mass is 32.2.